The Morgan fingerprint density at radius 3 is 2.57 bits per heavy atom. The van der Waals surface area contributed by atoms with E-state index in [2.05, 4.69) is 45.9 Å². The molecule has 1 aliphatic rings. The van der Waals surface area contributed by atoms with Gasteiger partial charge in [0.1, 0.15) is 17.1 Å². The molecule has 2 atom stereocenters. The molecular formula is C27H40O3. The van der Waals surface area contributed by atoms with Crippen LogP contribution in [0.3, 0.4) is 0 Å². The first-order chi connectivity index (χ1) is 14.1. The van der Waals surface area contributed by atoms with E-state index in [0.717, 1.165) is 61.0 Å². The van der Waals surface area contributed by atoms with Gasteiger partial charge in [0, 0.05) is 0 Å². The van der Waals surface area contributed by atoms with Gasteiger partial charge in [-0.2, -0.15) is 0 Å². The Kier molecular flexibility index (Phi) is 8.78. The molecule has 3 heteroatoms. The fraction of sp³-hybridized carbons (Fsp3) is 0.556. The summed E-state index contributed by atoms with van der Waals surface area (Å²) in [6, 6.07) is 3.61. The van der Waals surface area contributed by atoms with E-state index in [0.29, 0.717) is 12.2 Å². The van der Waals surface area contributed by atoms with Gasteiger partial charge in [-0.1, -0.05) is 29.4 Å². The summed E-state index contributed by atoms with van der Waals surface area (Å²) in [5.41, 5.74) is 5.66. The molecule has 1 aromatic rings. The summed E-state index contributed by atoms with van der Waals surface area (Å²) in [7, 11) is 0. The second-order valence-corrected chi connectivity index (χ2v) is 9.41. The smallest absolute Gasteiger partial charge is 0.126 e. The number of hydrogen-bond acceptors (Lipinski definition) is 3. The Bertz CT molecular complexity index is 812. The molecule has 0 aromatic heterocycles. The van der Waals surface area contributed by atoms with Gasteiger partial charge in [-0.3, -0.25) is 0 Å². The molecule has 30 heavy (non-hydrogen) atoms. The highest BCUT2D eigenvalue weighted by Crippen LogP contribution is 2.39. The van der Waals surface area contributed by atoms with Crippen molar-refractivity contribution in [3.8, 4) is 11.5 Å². The first-order valence-electron chi connectivity index (χ1n) is 11.2. The average molecular weight is 413 g/mol. The van der Waals surface area contributed by atoms with Crippen LogP contribution in [0.2, 0.25) is 0 Å². The van der Waals surface area contributed by atoms with Gasteiger partial charge in [-0.05, 0) is 115 Å². The molecule has 0 spiro atoms. The third kappa shape index (κ3) is 7.36. The molecule has 0 radical (unpaired) electrons. The van der Waals surface area contributed by atoms with Gasteiger partial charge in [-0.25, -0.2) is 0 Å². The van der Waals surface area contributed by atoms with Crippen LogP contribution in [-0.4, -0.2) is 21.9 Å². The van der Waals surface area contributed by atoms with Crippen molar-refractivity contribution in [3.05, 3.63) is 58.2 Å². The molecule has 1 heterocycles. The van der Waals surface area contributed by atoms with Crippen LogP contribution in [0.25, 0.3) is 0 Å². The minimum absolute atomic E-state index is 0.156. The van der Waals surface area contributed by atoms with Crippen molar-refractivity contribution in [1.29, 1.82) is 0 Å². The van der Waals surface area contributed by atoms with E-state index in [9.17, 15) is 10.2 Å². The quantitative estimate of drug-likeness (QED) is 0.431. The number of allylic oxidation sites excluding steroid dienone is 4. The number of phenolic OH excluding ortho intramolecular Hbond substituents is 1. The molecule has 0 aliphatic carbocycles. The Labute approximate surface area is 183 Å². The minimum atomic E-state index is -0.374. The van der Waals surface area contributed by atoms with Gasteiger partial charge < -0.3 is 14.9 Å². The lowest BCUT2D eigenvalue weighted by molar-refractivity contribution is 0.0561. The maximum absolute atomic E-state index is 10.2. The topological polar surface area (TPSA) is 49.7 Å². The summed E-state index contributed by atoms with van der Waals surface area (Å²) < 4.78 is 6.38. The normalized spacial score (nSPS) is 20.4. The Morgan fingerprint density at radius 2 is 1.87 bits per heavy atom. The van der Waals surface area contributed by atoms with Crippen molar-refractivity contribution in [1.82, 2.24) is 0 Å². The fourth-order valence-corrected chi connectivity index (χ4v) is 3.95. The van der Waals surface area contributed by atoms with Crippen molar-refractivity contribution in [3.63, 3.8) is 0 Å². The number of aliphatic hydroxyl groups excluding tert-OH is 1. The molecule has 0 saturated heterocycles. The van der Waals surface area contributed by atoms with E-state index in [1.165, 1.54) is 11.1 Å². The molecule has 0 saturated carbocycles. The summed E-state index contributed by atoms with van der Waals surface area (Å²) in [4.78, 5) is 0. The number of fused-ring (bicyclic) bond motifs is 1. The van der Waals surface area contributed by atoms with Crippen molar-refractivity contribution < 1.29 is 14.9 Å². The van der Waals surface area contributed by atoms with Crippen LogP contribution in [-0.2, 0) is 6.42 Å². The number of benzene rings is 1. The predicted molar refractivity (Wildman–Crippen MR) is 126 cm³/mol. The molecule has 0 amide bonds. The SMILES string of the molecule is CC(C)=CC[C@@H](O)/C(C)=C/CCC(C)=CCC[C@]1(C)CCc2cc(O)cc(C)c2O1. The molecule has 2 N–H and O–H groups in total. The van der Waals surface area contributed by atoms with Gasteiger partial charge in [0.15, 0.2) is 0 Å². The fourth-order valence-electron chi connectivity index (χ4n) is 3.95. The van der Waals surface area contributed by atoms with E-state index < -0.39 is 0 Å². The van der Waals surface area contributed by atoms with Crippen LogP contribution in [0.5, 0.6) is 11.5 Å². The predicted octanol–water partition coefficient (Wildman–Crippen LogP) is 6.95. The van der Waals surface area contributed by atoms with Gasteiger partial charge in [0.05, 0.1) is 6.10 Å². The van der Waals surface area contributed by atoms with Crippen LogP contribution in [0.1, 0.15) is 84.3 Å². The monoisotopic (exact) mass is 412 g/mol. The highest BCUT2D eigenvalue weighted by Gasteiger charge is 2.31. The number of aliphatic hydroxyl groups is 1. The minimum Gasteiger partial charge on any atom is -0.508 e. The van der Waals surface area contributed by atoms with Crippen molar-refractivity contribution in [2.24, 2.45) is 0 Å². The number of rotatable bonds is 9. The van der Waals surface area contributed by atoms with E-state index in [1.807, 2.05) is 19.9 Å². The Morgan fingerprint density at radius 1 is 1.13 bits per heavy atom. The molecule has 0 fully saturated rings. The summed E-state index contributed by atoms with van der Waals surface area (Å²) >= 11 is 0. The highest BCUT2D eigenvalue weighted by molar-refractivity contribution is 5.47. The number of ether oxygens (including phenoxy) is 1. The summed E-state index contributed by atoms with van der Waals surface area (Å²) in [5.74, 6) is 1.28. The Balaban J connectivity index is 1.82. The highest BCUT2D eigenvalue weighted by atomic mass is 16.5. The van der Waals surface area contributed by atoms with Crippen molar-refractivity contribution in [2.75, 3.05) is 0 Å². The van der Waals surface area contributed by atoms with Gasteiger partial charge in [0.25, 0.3) is 0 Å². The van der Waals surface area contributed by atoms with E-state index in [-0.39, 0.29) is 11.7 Å². The molecule has 1 aromatic carbocycles. The van der Waals surface area contributed by atoms with Crippen LogP contribution in [0, 0.1) is 6.92 Å². The van der Waals surface area contributed by atoms with E-state index in [4.69, 9.17) is 4.74 Å². The molecule has 0 unspecified atom stereocenters. The molecule has 2 rings (SSSR count). The average Bonchev–Trinajstić information content (AvgIpc) is 2.66. The van der Waals surface area contributed by atoms with Gasteiger partial charge in [-0.15, -0.1) is 0 Å². The zero-order chi connectivity index (χ0) is 22.3. The van der Waals surface area contributed by atoms with Crippen LogP contribution in [0.4, 0.5) is 0 Å². The molecule has 0 bridgehead atoms. The standard InChI is InChI=1S/C27H40O3/c1-19(2)12-13-25(29)21(4)11-7-9-20(3)10-8-15-27(6)16-14-23-18-24(28)17-22(5)26(23)30-27/h10-12,17-18,25,28-29H,7-9,13-16H2,1-6H3/b20-10?,21-11+/t25-,27-/m1/s1. The molecule has 166 valence electrons. The third-order valence-corrected chi connectivity index (χ3v) is 6.05. The number of aromatic hydroxyl groups is 1. The third-order valence-electron chi connectivity index (χ3n) is 6.05. The lowest BCUT2D eigenvalue weighted by Gasteiger charge is -2.36. The van der Waals surface area contributed by atoms with E-state index >= 15 is 0 Å². The zero-order valence-corrected chi connectivity index (χ0v) is 19.7. The van der Waals surface area contributed by atoms with Gasteiger partial charge >= 0.3 is 0 Å². The zero-order valence-electron chi connectivity index (χ0n) is 19.7. The summed E-state index contributed by atoms with van der Waals surface area (Å²) in [6.07, 6.45) is 12.8. The molecule has 1 aliphatic heterocycles. The van der Waals surface area contributed by atoms with Crippen LogP contribution >= 0.6 is 0 Å². The number of phenols is 1. The first kappa shape index (κ1) is 24.3. The number of aryl methyl sites for hydroxylation is 2. The summed E-state index contributed by atoms with van der Waals surface area (Å²) in [5, 5.41) is 20.0. The van der Waals surface area contributed by atoms with Crippen molar-refractivity contribution >= 4 is 0 Å². The lowest BCUT2D eigenvalue weighted by atomic mass is 9.87. The second-order valence-electron chi connectivity index (χ2n) is 9.41. The lowest BCUT2D eigenvalue weighted by Crippen LogP contribution is -2.36. The molecular weight excluding hydrogens is 372 g/mol. The maximum atomic E-state index is 10.2. The number of hydrogen-bond donors (Lipinski definition) is 2. The summed E-state index contributed by atoms with van der Waals surface area (Å²) in [6.45, 7) is 12.5. The van der Waals surface area contributed by atoms with Crippen LogP contribution < -0.4 is 4.74 Å². The van der Waals surface area contributed by atoms with E-state index in [1.54, 1.807) is 6.07 Å². The largest absolute Gasteiger partial charge is 0.508 e. The van der Waals surface area contributed by atoms with Crippen LogP contribution in [0.15, 0.2) is 47.1 Å². The first-order valence-corrected chi connectivity index (χ1v) is 11.2. The Hall–Kier alpha value is -2.00. The van der Waals surface area contributed by atoms with Crippen molar-refractivity contribution in [2.45, 2.75) is 98.2 Å². The maximum Gasteiger partial charge on any atom is 0.126 e. The second kappa shape index (κ2) is 10.9. The van der Waals surface area contributed by atoms with Gasteiger partial charge in [0.2, 0.25) is 0 Å². The molecule has 3 nitrogen and oxygen atoms in total.